The van der Waals surface area contributed by atoms with Gasteiger partial charge < -0.3 is 19.6 Å². The maximum absolute atomic E-state index is 12.4. The minimum absolute atomic E-state index is 0.181. The highest BCUT2D eigenvalue weighted by Gasteiger charge is 2.19. The van der Waals surface area contributed by atoms with E-state index in [4.69, 9.17) is 14.1 Å². The number of carboxylic acids is 1. The molecule has 0 radical (unpaired) electrons. The average molecular weight is 539 g/mol. The van der Waals surface area contributed by atoms with Crippen molar-refractivity contribution in [2.45, 2.75) is 45.6 Å². The van der Waals surface area contributed by atoms with Crippen molar-refractivity contribution >= 4 is 11.8 Å². The van der Waals surface area contributed by atoms with E-state index >= 15 is 0 Å². The summed E-state index contributed by atoms with van der Waals surface area (Å²) < 4.78 is 12.0. The standard InChI is InChI=1S/C33H34N2O5/c1-3-10-31-28(35-32(40-31)26-13-8-5-9-14-26)19-20-39-27-17-15-24(16-18-27)22-29(33(37)38)34-23(2)21-30(36)25-11-6-4-7-12-25/h4-9,11-18,21,29,34H,3,10,19-20,22H2,1-2H3,(H,37,38)/b23-21-. The smallest absolute Gasteiger partial charge is 0.326 e. The molecule has 1 heterocycles. The number of ether oxygens (including phenoxy) is 1. The van der Waals surface area contributed by atoms with Gasteiger partial charge in [0.1, 0.15) is 17.6 Å². The fraction of sp³-hybridized carbons (Fsp3) is 0.242. The molecule has 0 aliphatic heterocycles. The van der Waals surface area contributed by atoms with Crippen LogP contribution in [0.25, 0.3) is 11.5 Å². The number of ketones is 1. The zero-order valence-corrected chi connectivity index (χ0v) is 22.8. The van der Waals surface area contributed by atoms with E-state index in [-0.39, 0.29) is 12.2 Å². The van der Waals surface area contributed by atoms with Gasteiger partial charge in [-0.1, -0.05) is 67.6 Å². The average Bonchev–Trinajstić information content (AvgIpc) is 3.37. The zero-order valence-electron chi connectivity index (χ0n) is 22.8. The van der Waals surface area contributed by atoms with Crippen LogP contribution in [0.3, 0.4) is 0 Å². The number of carbonyl (C=O) groups is 2. The van der Waals surface area contributed by atoms with Gasteiger partial charge >= 0.3 is 5.97 Å². The van der Waals surface area contributed by atoms with Crippen molar-refractivity contribution in [2.75, 3.05) is 6.61 Å². The second-order valence-electron chi connectivity index (χ2n) is 9.54. The van der Waals surface area contributed by atoms with Crippen LogP contribution in [0.4, 0.5) is 0 Å². The van der Waals surface area contributed by atoms with Crippen molar-refractivity contribution in [1.29, 1.82) is 0 Å². The summed E-state index contributed by atoms with van der Waals surface area (Å²) in [5.41, 5.74) is 3.73. The van der Waals surface area contributed by atoms with E-state index in [0.29, 0.717) is 35.9 Å². The first kappa shape index (κ1) is 28.4. The van der Waals surface area contributed by atoms with Crippen molar-refractivity contribution in [1.82, 2.24) is 10.3 Å². The van der Waals surface area contributed by atoms with Gasteiger partial charge in [0.05, 0.1) is 12.3 Å². The molecule has 1 unspecified atom stereocenters. The summed E-state index contributed by atoms with van der Waals surface area (Å²) in [6.45, 7) is 4.24. The maximum Gasteiger partial charge on any atom is 0.326 e. The van der Waals surface area contributed by atoms with Crippen LogP contribution in [0.15, 0.2) is 101 Å². The van der Waals surface area contributed by atoms with Crippen molar-refractivity contribution in [2.24, 2.45) is 0 Å². The molecule has 0 aliphatic carbocycles. The second-order valence-corrected chi connectivity index (χ2v) is 9.54. The molecule has 1 atom stereocenters. The van der Waals surface area contributed by atoms with E-state index in [9.17, 15) is 14.7 Å². The summed E-state index contributed by atoms with van der Waals surface area (Å²) in [7, 11) is 0. The van der Waals surface area contributed by atoms with Crippen LogP contribution in [0.5, 0.6) is 5.75 Å². The highest BCUT2D eigenvalue weighted by molar-refractivity contribution is 6.04. The molecule has 3 aromatic carbocycles. The largest absolute Gasteiger partial charge is 0.493 e. The lowest BCUT2D eigenvalue weighted by Crippen LogP contribution is -2.37. The lowest BCUT2D eigenvalue weighted by molar-refractivity contribution is -0.139. The summed E-state index contributed by atoms with van der Waals surface area (Å²) in [6.07, 6.45) is 4.07. The Kier molecular flexibility index (Phi) is 9.88. The van der Waals surface area contributed by atoms with Gasteiger partial charge in [0, 0.05) is 42.2 Å². The van der Waals surface area contributed by atoms with Crippen molar-refractivity contribution < 1.29 is 23.8 Å². The normalized spacial score (nSPS) is 12.1. The number of aliphatic carboxylic acids is 1. The summed E-state index contributed by atoms with van der Waals surface area (Å²) in [4.78, 5) is 29.0. The summed E-state index contributed by atoms with van der Waals surface area (Å²) in [5.74, 6) is 1.03. The Morgan fingerprint density at radius 2 is 1.65 bits per heavy atom. The molecule has 0 fully saturated rings. The van der Waals surface area contributed by atoms with Gasteiger partial charge in [-0.05, 0) is 43.2 Å². The molecule has 7 heteroatoms. The molecule has 7 nitrogen and oxygen atoms in total. The van der Waals surface area contributed by atoms with E-state index in [1.54, 1.807) is 31.2 Å². The Balaban J connectivity index is 1.32. The van der Waals surface area contributed by atoms with Crippen molar-refractivity contribution in [3.05, 3.63) is 119 Å². The van der Waals surface area contributed by atoms with Crippen LogP contribution in [0.1, 0.15) is 47.6 Å². The summed E-state index contributed by atoms with van der Waals surface area (Å²) >= 11 is 0. The zero-order chi connectivity index (χ0) is 28.3. The fourth-order valence-corrected chi connectivity index (χ4v) is 4.33. The Labute approximate surface area is 234 Å². The molecule has 0 saturated heterocycles. The van der Waals surface area contributed by atoms with Gasteiger partial charge in [-0.15, -0.1) is 0 Å². The minimum atomic E-state index is -0.995. The number of oxazole rings is 1. The Morgan fingerprint density at radius 3 is 2.30 bits per heavy atom. The first-order valence-corrected chi connectivity index (χ1v) is 13.5. The molecular formula is C33H34N2O5. The molecule has 0 spiro atoms. The number of hydrogen-bond donors (Lipinski definition) is 2. The van der Waals surface area contributed by atoms with Gasteiger partial charge in [0.15, 0.2) is 5.78 Å². The Hall–Kier alpha value is -4.65. The lowest BCUT2D eigenvalue weighted by Gasteiger charge is -2.16. The van der Waals surface area contributed by atoms with E-state index in [0.717, 1.165) is 35.4 Å². The quantitative estimate of drug-likeness (QED) is 0.144. The van der Waals surface area contributed by atoms with Gasteiger partial charge in [0.25, 0.3) is 0 Å². The number of carboxylic acid groups (broad SMARTS) is 1. The number of aryl methyl sites for hydroxylation is 1. The molecule has 40 heavy (non-hydrogen) atoms. The first-order valence-electron chi connectivity index (χ1n) is 13.5. The first-order chi connectivity index (χ1) is 19.4. The number of allylic oxidation sites excluding steroid dienone is 2. The second kappa shape index (κ2) is 13.9. The molecule has 2 N–H and O–H groups in total. The molecule has 0 bridgehead atoms. The van der Waals surface area contributed by atoms with Crippen LogP contribution in [0.2, 0.25) is 0 Å². The van der Waals surface area contributed by atoms with E-state index < -0.39 is 12.0 Å². The molecule has 0 saturated carbocycles. The highest BCUT2D eigenvalue weighted by atomic mass is 16.5. The van der Waals surface area contributed by atoms with Crippen LogP contribution in [-0.2, 0) is 24.1 Å². The monoisotopic (exact) mass is 538 g/mol. The summed E-state index contributed by atoms with van der Waals surface area (Å²) in [6, 6.07) is 25.2. The third kappa shape index (κ3) is 7.93. The van der Waals surface area contributed by atoms with E-state index in [1.165, 1.54) is 6.08 Å². The van der Waals surface area contributed by atoms with Crippen LogP contribution in [-0.4, -0.2) is 34.5 Å². The van der Waals surface area contributed by atoms with Crippen LogP contribution in [0, 0.1) is 0 Å². The van der Waals surface area contributed by atoms with Crippen LogP contribution >= 0.6 is 0 Å². The third-order valence-corrected chi connectivity index (χ3v) is 6.35. The number of benzene rings is 3. The molecule has 4 aromatic rings. The fourth-order valence-electron chi connectivity index (χ4n) is 4.33. The predicted molar refractivity (Wildman–Crippen MR) is 154 cm³/mol. The van der Waals surface area contributed by atoms with E-state index in [2.05, 4.69) is 12.2 Å². The Morgan fingerprint density at radius 1 is 0.975 bits per heavy atom. The third-order valence-electron chi connectivity index (χ3n) is 6.35. The molecule has 1 aromatic heterocycles. The molecule has 206 valence electrons. The maximum atomic E-state index is 12.4. The lowest BCUT2D eigenvalue weighted by atomic mass is 10.1. The highest BCUT2D eigenvalue weighted by Crippen LogP contribution is 2.24. The van der Waals surface area contributed by atoms with Gasteiger partial charge in [-0.25, -0.2) is 9.78 Å². The van der Waals surface area contributed by atoms with Gasteiger partial charge in [-0.3, -0.25) is 4.79 Å². The predicted octanol–water partition coefficient (Wildman–Crippen LogP) is 6.29. The van der Waals surface area contributed by atoms with Gasteiger partial charge in [0.2, 0.25) is 5.89 Å². The van der Waals surface area contributed by atoms with Crippen LogP contribution < -0.4 is 10.1 Å². The molecular weight excluding hydrogens is 504 g/mol. The number of hydrogen-bond acceptors (Lipinski definition) is 6. The molecule has 0 aliphatic rings. The van der Waals surface area contributed by atoms with Crippen molar-refractivity contribution in [3.8, 4) is 17.2 Å². The van der Waals surface area contributed by atoms with Gasteiger partial charge in [-0.2, -0.15) is 0 Å². The molecule has 0 amide bonds. The van der Waals surface area contributed by atoms with Crippen molar-refractivity contribution in [3.63, 3.8) is 0 Å². The van der Waals surface area contributed by atoms with E-state index in [1.807, 2.05) is 60.7 Å². The Bertz CT molecular complexity index is 1430. The number of carbonyl (C=O) groups excluding carboxylic acids is 1. The number of nitrogens with one attached hydrogen (secondary N) is 1. The number of rotatable bonds is 14. The minimum Gasteiger partial charge on any atom is -0.493 e. The summed E-state index contributed by atoms with van der Waals surface area (Å²) in [5, 5.41) is 12.7. The number of nitrogens with zero attached hydrogens (tertiary/aromatic N) is 1. The topological polar surface area (TPSA) is 102 Å². The molecule has 4 rings (SSSR count). The SMILES string of the molecule is CCCc1oc(-c2ccccc2)nc1CCOc1ccc(CC(N/C(C)=C\C(=O)c2ccccc2)C(=O)O)cc1. The number of aromatic nitrogens is 1.